The minimum atomic E-state index is -1.92. The van der Waals surface area contributed by atoms with Crippen LogP contribution in [0.15, 0.2) is 45.6 Å². The van der Waals surface area contributed by atoms with Crippen molar-refractivity contribution in [2.24, 2.45) is 0 Å². The standard InChI is InChI=1S/C23H22O12/c1-31-10-5-3-9(4-6-10)12-7-11(24)15-13(33-12)8-14(20(32-2)16(15)25)34-23-19(28)17(26)18(27)21(35-23)22(29)30/h3-8,17-19,21,23,25-28H,1-2H3,(H,29,30)/t17-,18+,19-,21+,23+/m1/s1. The molecular formula is C23H22O12. The first kappa shape index (κ1) is 24.3. The van der Waals surface area contributed by atoms with Gasteiger partial charge in [0.1, 0.15) is 40.8 Å². The second kappa shape index (κ2) is 9.43. The molecule has 1 aliphatic rings. The Morgan fingerprint density at radius 2 is 1.66 bits per heavy atom. The molecule has 12 nitrogen and oxygen atoms in total. The number of benzene rings is 2. The SMILES string of the molecule is COc1ccc(-c2cc(=O)c3c(O)c(OC)c(O[C@H]4O[C@H](C(=O)O)[C@@H](O)[C@@H](O)[C@H]4O)cc3o2)cc1. The summed E-state index contributed by atoms with van der Waals surface area (Å²) in [5.74, 6) is -2.09. The third-order valence-corrected chi connectivity index (χ3v) is 5.55. The zero-order valence-electron chi connectivity index (χ0n) is 18.4. The van der Waals surface area contributed by atoms with E-state index in [0.29, 0.717) is 11.3 Å². The fourth-order valence-electron chi connectivity index (χ4n) is 3.72. The number of carbonyl (C=O) groups is 1. The fourth-order valence-corrected chi connectivity index (χ4v) is 3.72. The van der Waals surface area contributed by atoms with E-state index in [-0.39, 0.29) is 28.2 Å². The molecule has 2 heterocycles. The van der Waals surface area contributed by atoms with Gasteiger partial charge in [0.2, 0.25) is 12.0 Å². The zero-order chi connectivity index (χ0) is 25.4. The summed E-state index contributed by atoms with van der Waals surface area (Å²) < 4.78 is 26.7. The minimum absolute atomic E-state index is 0.114. The van der Waals surface area contributed by atoms with Crippen LogP contribution in [-0.4, -0.2) is 76.4 Å². The average molecular weight is 490 g/mol. The maximum absolute atomic E-state index is 12.8. The molecule has 0 radical (unpaired) electrons. The Morgan fingerprint density at radius 1 is 0.971 bits per heavy atom. The number of hydrogen-bond acceptors (Lipinski definition) is 11. The second-order valence-corrected chi connectivity index (χ2v) is 7.69. The molecule has 0 aliphatic carbocycles. The van der Waals surface area contributed by atoms with Crippen molar-refractivity contribution in [2.75, 3.05) is 14.2 Å². The Hall–Kier alpha value is -3.84. The second-order valence-electron chi connectivity index (χ2n) is 7.69. The van der Waals surface area contributed by atoms with Gasteiger partial charge in [0, 0.05) is 17.7 Å². The van der Waals surface area contributed by atoms with E-state index in [1.54, 1.807) is 24.3 Å². The smallest absolute Gasteiger partial charge is 0.335 e. The largest absolute Gasteiger partial charge is 0.504 e. The van der Waals surface area contributed by atoms with Crippen LogP contribution in [-0.2, 0) is 9.53 Å². The molecular weight excluding hydrogens is 468 g/mol. The highest BCUT2D eigenvalue weighted by atomic mass is 16.7. The van der Waals surface area contributed by atoms with Crippen molar-refractivity contribution < 1.29 is 53.7 Å². The van der Waals surface area contributed by atoms with Crippen LogP contribution in [0, 0.1) is 0 Å². The van der Waals surface area contributed by atoms with Crippen LogP contribution in [0.3, 0.4) is 0 Å². The summed E-state index contributed by atoms with van der Waals surface area (Å²) in [7, 11) is 2.69. The fraction of sp³-hybridized carbons (Fsp3) is 0.304. The van der Waals surface area contributed by atoms with Crippen LogP contribution in [0.4, 0.5) is 0 Å². The van der Waals surface area contributed by atoms with E-state index in [2.05, 4.69) is 0 Å². The van der Waals surface area contributed by atoms with Gasteiger partial charge in [-0.25, -0.2) is 4.79 Å². The zero-order valence-corrected chi connectivity index (χ0v) is 18.4. The monoisotopic (exact) mass is 490 g/mol. The van der Waals surface area contributed by atoms with Gasteiger partial charge >= 0.3 is 5.97 Å². The molecule has 0 bridgehead atoms. The molecule has 186 valence electrons. The Balaban J connectivity index is 1.78. The first-order valence-electron chi connectivity index (χ1n) is 10.3. The molecule has 1 fully saturated rings. The Kier molecular flexibility index (Phi) is 6.54. The molecule has 4 rings (SSSR count). The molecule has 5 atom stereocenters. The summed E-state index contributed by atoms with van der Waals surface area (Å²) in [6.45, 7) is 0. The predicted molar refractivity (Wildman–Crippen MR) is 118 cm³/mol. The highest BCUT2D eigenvalue weighted by Crippen LogP contribution is 2.43. The number of phenolic OH excluding ortho intramolecular Hbond substituents is 1. The van der Waals surface area contributed by atoms with Crippen molar-refractivity contribution in [2.45, 2.75) is 30.7 Å². The van der Waals surface area contributed by atoms with E-state index in [4.69, 9.17) is 23.4 Å². The maximum atomic E-state index is 12.8. The van der Waals surface area contributed by atoms with Crippen molar-refractivity contribution >= 4 is 16.9 Å². The highest BCUT2D eigenvalue weighted by Gasteiger charge is 2.48. The summed E-state index contributed by atoms with van der Waals surface area (Å²) in [6, 6.07) is 9.03. The number of fused-ring (bicyclic) bond motifs is 1. The third kappa shape index (κ3) is 4.35. The van der Waals surface area contributed by atoms with Crippen molar-refractivity contribution in [3.63, 3.8) is 0 Å². The topological polar surface area (TPSA) is 185 Å². The number of aliphatic carboxylic acids is 1. The predicted octanol–water partition coefficient (Wildman–Crippen LogP) is 0.454. The molecule has 0 unspecified atom stereocenters. The average Bonchev–Trinajstić information content (AvgIpc) is 2.83. The third-order valence-electron chi connectivity index (χ3n) is 5.55. The lowest BCUT2D eigenvalue weighted by Crippen LogP contribution is -2.61. The lowest BCUT2D eigenvalue weighted by atomic mass is 9.99. The number of ether oxygens (including phenoxy) is 4. The Labute approximate surface area is 197 Å². The first-order chi connectivity index (χ1) is 16.7. The number of aliphatic hydroxyl groups excluding tert-OH is 3. The number of phenols is 1. The van der Waals surface area contributed by atoms with Crippen LogP contribution < -0.4 is 19.6 Å². The number of aliphatic hydroxyl groups is 3. The van der Waals surface area contributed by atoms with Gasteiger partial charge < -0.3 is 48.9 Å². The highest BCUT2D eigenvalue weighted by molar-refractivity contribution is 5.89. The van der Waals surface area contributed by atoms with Crippen LogP contribution in [0.1, 0.15) is 0 Å². The lowest BCUT2D eigenvalue weighted by molar-refractivity contribution is -0.271. The van der Waals surface area contributed by atoms with Gasteiger partial charge in [-0.3, -0.25) is 4.79 Å². The van der Waals surface area contributed by atoms with Crippen LogP contribution in [0.2, 0.25) is 0 Å². The van der Waals surface area contributed by atoms with Gasteiger partial charge in [0.05, 0.1) is 14.2 Å². The molecule has 3 aromatic rings. The van der Waals surface area contributed by atoms with Gasteiger partial charge in [-0.05, 0) is 24.3 Å². The summed E-state index contributed by atoms with van der Waals surface area (Å²) >= 11 is 0. The number of carboxylic acid groups (broad SMARTS) is 1. The molecule has 35 heavy (non-hydrogen) atoms. The van der Waals surface area contributed by atoms with Gasteiger partial charge in [-0.15, -0.1) is 0 Å². The summed E-state index contributed by atoms with van der Waals surface area (Å²) in [4.78, 5) is 24.2. The molecule has 0 saturated carbocycles. The van der Waals surface area contributed by atoms with Gasteiger partial charge in [0.15, 0.2) is 23.0 Å². The van der Waals surface area contributed by atoms with Crippen LogP contribution >= 0.6 is 0 Å². The van der Waals surface area contributed by atoms with Crippen molar-refractivity contribution in [3.05, 3.63) is 46.6 Å². The lowest BCUT2D eigenvalue weighted by Gasteiger charge is -2.38. The van der Waals surface area contributed by atoms with Gasteiger partial charge in [-0.2, -0.15) is 0 Å². The number of aromatic hydroxyl groups is 1. The molecule has 0 spiro atoms. The summed E-state index contributed by atoms with van der Waals surface area (Å²) in [5.41, 5.74) is -0.162. The number of hydrogen-bond donors (Lipinski definition) is 5. The molecule has 5 N–H and O–H groups in total. The maximum Gasteiger partial charge on any atom is 0.335 e. The molecule has 1 saturated heterocycles. The van der Waals surface area contributed by atoms with Crippen molar-refractivity contribution in [1.29, 1.82) is 0 Å². The quantitative estimate of drug-likeness (QED) is 0.322. The van der Waals surface area contributed by atoms with E-state index < -0.39 is 47.9 Å². The Morgan fingerprint density at radius 3 is 2.26 bits per heavy atom. The van der Waals surface area contributed by atoms with E-state index in [0.717, 1.165) is 0 Å². The van der Waals surface area contributed by atoms with E-state index in [1.807, 2.05) is 0 Å². The Bertz CT molecular complexity index is 1300. The van der Waals surface area contributed by atoms with Crippen LogP contribution in [0.25, 0.3) is 22.3 Å². The molecule has 0 amide bonds. The van der Waals surface area contributed by atoms with E-state index in [9.17, 15) is 35.1 Å². The number of methoxy groups -OCH3 is 2. The molecule has 12 heteroatoms. The van der Waals surface area contributed by atoms with Gasteiger partial charge in [-0.1, -0.05) is 0 Å². The molecule has 2 aromatic carbocycles. The normalized spacial score (nSPS) is 24.2. The van der Waals surface area contributed by atoms with Gasteiger partial charge in [0.25, 0.3) is 0 Å². The van der Waals surface area contributed by atoms with E-state index in [1.165, 1.54) is 26.4 Å². The summed E-state index contributed by atoms with van der Waals surface area (Å²) in [5, 5.41) is 49.9. The van der Waals surface area contributed by atoms with Crippen molar-refractivity contribution in [3.8, 4) is 34.3 Å². The van der Waals surface area contributed by atoms with E-state index >= 15 is 0 Å². The summed E-state index contributed by atoms with van der Waals surface area (Å²) in [6.07, 6.45) is -9.37. The first-order valence-corrected chi connectivity index (χ1v) is 10.3. The molecule has 1 aromatic heterocycles. The molecule has 1 aliphatic heterocycles. The minimum Gasteiger partial charge on any atom is -0.504 e. The number of rotatable bonds is 6. The number of carboxylic acids is 1. The van der Waals surface area contributed by atoms with Crippen molar-refractivity contribution in [1.82, 2.24) is 0 Å². The van der Waals surface area contributed by atoms with Crippen LogP contribution in [0.5, 0.6) is 23.0 Å².